The van der Waals surface area contributed by atoms with Gasteiger partial charge < -0.3 is 9.42 Å². The van der Waals surface area contributed by atoms with Crippen LogP contribution in [0.3, 0.4) is 0 Å². The van der Waals surface area contributed by atoms with Crippen LogP contribution in [0.1, 0.15) is 60.8 Å². The Morgan fingerprint density at radius 3 is 2.68 bits per heavy atom. The first-order valence-corrected chi connectivity index (χ1v) is 10.3. The van der Waals surface area contributed by atoms with Crippen molar-refractivity contribution < 1.29 is 13.7 Å². The van der Waals surface area contributed by atoms with Crippen LogP contribution < -0.4 is 0 Å². The van der Waals surface area contributed by atoms with E-state index in [1.54, 1.807) is 0 Å². The Morgan fingerprint density at radius 2 is 2.00 bits per heavy atom. The fourth-order valence-corrected chi connectivity index (χ4v) is 4.01. The number of amides is 1. The van der Waals surface area contributed by atoms with Gasteiger partial charge in [0.05, 0.1) is 0 Å². The molecule has 0 spiro atoms. The Labute approximate surface area is 165 Å². The van der Waals surface area contributed by atoms with Crippen LogP contribution in [-0.2, 0) is 6.54 Å². The van der Waals surface area contributed by atoms with Crippen molar-refractivity contribution in [1.29, 1.82) is 0 Å². The van der Waals surface area contributed by atoms with Crippen LogP contribution in [0.2, 0.25) is 0 Å². The van der Waals surface area contributed by atoms with E-state index in [1.165, 1.54) is 12.1 Å². The molecule has 1 atom stereocenters. The summed E-state index contributed by atoms with van der Waals surface area (Å²) in [7, 11) is 0. The highest BCUT2D eigenvalue weighted by atomic mass is 19.1. The van der Waals surface area contributed by atoms with Crippen LogP contribution in [-0.4, -0.2) is 46.5 Å². The lowest BCUT2D eigenvalue weighted by atomic mass is 10.0. The van der Waals surface area contributed by atoms with Crippen LogP contribution in [0, 0.1) is 11.7 Å². The van der Waals surface area contributed by atoms with Crippen molar-refractivity contribution in [3.63, 3.8) is 0 Å². The van der Waals surface area contributed by atoms with Gasteiger partial charge in [-0.25, -0.2) is 4.39 Å². The summed E-state index contributed by atoms with van der Waals surface area (Å²) < 4.78 is 18.6. The molecule has 1 aliphatic carbocycles. The van der Waals surface area contributed by atoms with Crippen molar-refractivity contribution in [2.45, 2.75) is 51.6 Å². The summed E-state index contributed by atoms with van der Waals surface area (Å²) in [5.41, 5.74) is 1.52. The molecule has 1 amide bonds. The summed E-state index contributed by atoms with van der Waals surface area (Å²) in [6, 6.07) is 8.77. The molecule has 0 N–H and O–H groups in total. The minimum Gasteiger partial charge on any atom is -0.360 e. The first-order valence-electron chi connectivity index (χ1n) is 10.3. The predicted molar refractivity (Wildman–Crippen MR) is 104 cm³/mol. The molecule has 28 heavy (non-hydrogen) atoms. The molecule has 1 saturated heterocycles. The van der Waals surface area contributed by atoms with Gasteiger partial charge in [0, 0.05) is 44.2 Å². The van der Waals surface area contributed by atoms with Gasteiger partial charge in [0.15, 0.2) is 5.69 Å². The molecule has 2 heterocycles. The fraction of sp³-hybridized carbons (Fsp3) is 0.545. The summed E-state index contributed by atoms with van der Waals surface area (Å²) in [6.45, 7) is 7.45. The second-order valence-electron chi connectivity index (χ2n) is 8.40. The zero-order valence-electron chi connectivity index (χ0n) is 16.6. The Balaban J connectivity index is 1.47. The summed E-state index contributed by atoms with van der Waals surface area (Å²) >= 11 is 0. The molecule has 1 saturated carbocycles. The van der Waals surface area contributed by atoms with Gasteiger partial charge in [0.2, 0.25) is 0 Å². The van der Waals surface area contributed by atoms with E-state index < -0.39 is 0 Å². The van der Waals surface area contributed by atoms with Crippen LogP contribution in [0.15, 0.2) is 34.9 Å². The molecule has 0 unspecified atom stereocenters. The number of aromatic nitrogens is 1. The monoisotopic (exact) mass is 385 g/mol. The summed E-state index contributed by atoms with van der Waals surface area (Å²) in [5.74, 6) is 1.44. The topological polar surface area (TPSA) is 49.6 Å². The summed E-state index contributed by atoms with van der Waals surface area (Å²) in [5, 5.41) is 4.03. The first kappa shape index (κ1) is 19.1. The SMILES string of the molecule is CC(C)[C@@H]1CN(C(=O)c2cc(C3CC3)on2)CCCN1Cc1ccc(F)cc1. The first-order chi connectivity index (χ1) is 13.5. The minimum atomic E-state index is -0.213. The molecule has 5 nitrogen and oxygen atoms in total. The number of hydrogen-bond acceptors (Lipinski definition) is 4. The standard InChI is InChI=1S/C22H28FN3O2/c1-15(2)20-14-26(22(27)19-12-21(28-24-19)17-6-7-17)11-3-10-25(20)13-16-4-8-18(23)9-5-16/h4-5,8-9,12,15,17,20H,3,6-7,10-11,13-14H2,1-2H3/t20-/m0/s1. The van der Waals surface area contributed by atoms with E-state index in [1.807, 2.05) is 23.1 Å². The maximum Gasteiger partial charge on any atom is 0.276 e. The number of carbonyl (C=O) groups is 1. The number of rotatable bonds is 5. The van der Waals surface area contributed by atoms with Crippen LogP contribution >= 0.6 is 0 Å². The van der Waals surface area contributed by atoms with Gasteiger partial charge in [-0.05, 0) is 42.9 Å². The Kier molecular flexibility index (Phi) is 5.49. The quantitative estimate of drug-likeness (QED) is 0.779. The highest BCUT2D eigenvalue weighted by Crippen LogP contribution is 2.40. The Bertz CT molecular complexity index is 813. The zero-order valence-corrected chi connectivity index (χ0v) is 16.6. The molecule has 1 aromatic heterocycles. The number of benzene rings is 1. The minimum absolute atomic E-state index is 0.0371. The molecule has 0 radical (unpaired) electrons. The Morgan fingerprint density at radius 1 is 1.25 bits per heavy atom. The van der Waals surface area contributed by atoms with Crippen molar-refractivity contribution in [1.82, 2.24) is 15.0 Å². The molecule has 6 heteroatoms. The third kappa shape index (κ3) is 4.27. The average molecular weight is 385 g/mol. The Hall–Kier alpha value is -2.21. The van der Waals surface area contributed by atoms with Crippen molar-refractivity contribution in [2.24, 2.45) is 5.92 Å². The van der Waals surface area contributed by atoms with Gasteiger partial charge in [0.25, 0.3) is 5.91 Å². The smallest absolute Gasteiger partial charge is 0.276 e. The van der Waals surface area contributed by atoms with Crippen molar-refractivity contribution in [2.75, 3.05) is 19.6 Å². The van der Waals surface area contributed by atoms with E-state index in [2.05, 4.69) is 23.9 Å². The second-order valence-corrected chi connectivity index (χ2v) is 8.40. The number of hydrogen-bond donors (Lipinski definition) is 0. The van der Waals surface area contributed by atoms with Crippen molar-refractivity contribution in [3.05, 3.63) is 53.2 Å². The molecule has 2 aliphatic rings. The maximum atomic E-state index is 13.2. The average Bonchev–Trinajstić information content (AvgIpc) is 3.45. The fourth-order valence-electron chi connectivity index (χ4n) is 4.01. The van der Waals surface area contributed by atoms with Gasteiger partial charge in [-0.15, -0.1) is 0 Å². The normalized spacial score (nSPS) is 21.1. The third-order valence-corrected chi connectivity index (χ3v) is 5.83. The van der Waals surface area contributed by atoms with E-state index in [-0.39, 0.29) is 17.8 Å². The molecule has 2 fully saturated rings. The van der Waals surface area contributed by atoms with E-state index in [9.17, 15) is 9.18 Å². The van der Waals surface area contributed by atoms with Crippen LogP contribution in [0.25, 0.3) is 0 Å². The molecule has 1 aromatic carbocycles. The molecule has 4 rings (SSSR count). The lowest BCUT2D eigenvalue weighted by molar-refractivity contribution is 0.0692. The summed E-state index contributed by atoms with van der Waals surface area (Å²) in [4.78, 5) is 17.4. The molecular formula is C22H28FN3O2. The van der Waals surface area contributed by atoms with Gasteiger partial charge in [-0.3, -0.25) is 9.69 Å². The lowest BCUT2D eigenvalue weighted by Crippen LogP contribution is -2.45. The van der Waals surface area contributed by atoms with Gasteiger partial charge >= 0.3 is 0 Å². The van der Waals surface area contributed by atoms with E-state index in [4.69, 9.17) is 4.52 Å². The van der Waals surface area contributed by atoms with Crippen LogP contribution in [0.5, 0.6) is 0 Å². The largest absolute Gasteiger partial charge is 0.360 e. The predicted octanol–water partition coefficient (Wildman–Crippen LogP) is 4.06. The van der Waals surface area contributed by atoms with E-state index in [0.717, 1.165) is 43.7 Å². The van der Waals surface area contributed by atoms with Crippen molar-refractivity contribution >= 4 is 5.91 Å². The van der Waals surface area contributed by atoms with E-state index in [0.29, 0.717) is 30.6 Å². The molecular weight excluding hydrogens is 357 g/mol. The number of halogens is 1. The zero-order chi connectivity index (χ0) is 19.7. The summed E-state index contributed by atoms with van der Waals surface area (Å²) in [6.07, 6.45) is 3.16. The van der Waals surface area contributed by atoms with Crippen LogP contribution in [0.4, 0.5) is 4.39 Å². The third-order valence-electron chi connectivity index (χ3n) is 5.83. The highest BCUT2D eigenvalue weighted by Gasteiger charge is 2.33. The second kappa shape index (κ2) is 8.03. The molecule has 150 valence electrons. The lowest BCUT2D eigenvalue weighted by Gasteiger charge is -2.34. The molecule has 2 aromatic rings. The van der Waals surface area contributed by atoms with Gasteiger partial charge in [-0.2, -0.15) is 0 Å². The highest BCUT2D eigenvalue weighted by molar-refractivity contribution is 5.92. The van der Waals surface area contributed by atoms with Gasteiger partial charge in [-0.1, -0.05) is 31.1 Å². The van der Waals surface area contributed by atoms with E-state index >= 15 is 0 Å². The number of carbonyl (C=O) groups excluding carboxylic acids is 1. The maximum absolute atomic E-state index is 13.2. The molecule has 1 aliphatic heterocycles. The van der Waals surface area contributed by atoms with Crippen molar-refractivity contribution in [3.8, 4) is 0 Å². The molecule has 0 bridgehead atoms. The van der Waals surface area contributed by atoms with Gasteiger partial charge in [0.1, 0.15) is 11.6 Å². The number of nitrogens with zero attached hydrogens (tertiary/aromatic N) is 3.